The minimum Gasteiger partial charge on any atom is -0.872 e. The maximum atomic E-state index is 11.9. The third-order valence-electron chi connectivity index (χ3n) is 3.26. The quantitative estimate of drug-likeness (QED) is 0.593. The van der Waals surface area contributed by atoms with Gasteiger partial charge < -0.3 is 15.7 Å². The van der Waals surface area contributed by atoms with Gasteiger partial charge in [-0.1, -0.05) is 29.8 Å². The predicted molar refractivity (Wildman–Crippen MR) is 88.2 cm³/mol. The van der Waals surface area contributed by atoms with E-state index < -0.39 is 22.5 Å². The van der Waals surface area contributed by atoms with Crippen molar-refractivity contribution >= 4 is 29.1 Å². The average Bonchev–Trinajstić information content (AvgIpc) is 2.59. The number of rotatable bonds is 6. The third kappa shape index (κ3) is 4.92. The highest BCUT2D eigenvalue weighted by atomic mass is 35.5. The van der Waals surface area contributed by atoms with Gasteiger partial charge in [0.25, 0.3) is 11.6 Å². The summed E-state index contributed by atoms with van der Waals surface area (Å²) in [5.74, 6) is -1.49. The molecule has 25 heavy (non-hydrogen) atoms. The van der Waals surface area contributed by atoms with E-state index in [1.807, 2.05) is 0 Å². The first-order valence-corrected chi connectivity index (χ1v) is 7.50. The Labute approximate surface area is 147 Å². The molecule has 0 heterocycles. The van der Waals surface area contributed by atoms with Crippen LogP contribution in [0.5, 0.6) is 5.75 Å². The van der Waals surface area contributed by atoms with Gasteiger partial charge in [-0.3, -0.25) is 19.7 Å². The molecule has 0 fully saturated rings. The Bertz CT molecular complexity index is 825. The summed E-state index contributed by atoms with van der Waals surface area (Å²) in [6.07, 6.45) is 0. The van der Waals surface area contributed by atoms with E-state index in [9.17, 15) is 24.8 Å². The molecule has 0 aliphatic heterocycles. The van der Waals surface area contributed by atoms with Crippen molar-refractivity contribution in [2.45, 2.75) is 6.54 Å². The maximum Gasteiger partial charge on any atom is 0.269 e. The van der Waals surface area contributed by atoms with Gasteiger partial charge in [0, 0.05) is 18.7 Å². The van der Waals surface area contributed by atoms with E-state index >= 15 is 0 Å². The van der Waals surface area contributed by atoms with E-state index in [0.717, 1.165) is 18.2 Å². The van der Waals surface area contributed by atoms with E-state index in [2.05, 4.69) is 10.6 Å². The molecule has 0 atom stereocenters. The zero-order valence-electron chi connectivity index (χ0n) is 12.8. The molecule has 2 N–H and O–H groups in total. The molecule has 2 aromatic rings. The number of benzene rings is 2. The lowest BCUT2D eigenvalue weighted by Crippen LogP contribution is -2.36. The fourth-order valence-electron chi connectivity index (χ4n) is 1.98. The summed E-state index contributed by atoms with van der Waals surface area (Å²) in [6.45, 7) is -0.505. The summed E-state index contributed by atoms with van der Waals surface area (Å²) in [6, 6.07) is 9.64. The number of halogens is 1. The second-order valence-corrected chi connectivity index (χ2v) is 5.40. The SMILES string of the molecule is O=C(CNC(=O)c1ccccc1Cl)NCc1cc([N+](=O)[O-])ccc1[O-]. The first kappa shape index (κ1) is 18.2. The summed E-state index contributed by atoms with van der Waals surface area (Å²) in [4.78, 5) is 33.8. The minimum absolute atomic E-state index is 0.0833. The van der Waals surface area contributed by atoms with E-state index in [1.54, 1.807) is 18.2 Å². The average molecular weight is 363 g/mol. The van der Waals surface area contributed by atoms with Crippen molar-refractivity contribution < 1.29 is 19.6 Å². The van der Waals surface area contributed by atoms with Gasteiger partial charge in [-0.05, 0) is 17.7 Å². The Morgan fingerprint density at radius 1 is 1.12 bits per heavy atom. The van der Waals surface area contributed by atoms with E-state index in [1.165, 1.54) is 6.07 Å². The molecular formula is C16H13ClN3O5-. The third-order valence-corrected chi connectivity index (χ3v) is 3.59. The lowest BCUT2D eigenvalue weighted by molar-refractivity contribution is -0.385. The van der Waals surface area contributed by atoms with Crippen molar-refractivity contribution in [3.63, 3.8) is 0 Å². The lowest BCUT2D eigenvalue weighted by Gasteiger charge is -2.14. The number of nitrogens with zero attached hydrogens (tertiary/aromatic N) is 1. The molecule has 9 heteroatoms. The molecule has 2 aromatic carbocycles. The fraction of sp³-hybridized carbons (Fsp3) is 0.125. The molecule has 0 saturated carbocycles. The smallest absolute Gasteiger partial charge is 0.269 e. The topological polar surface area (TPSA) is 124 Å². The molecule has 2 rings (SSSR count). The molecule has 0 unspecified atom stereocenters. The first-order valence-electron chi connectivity index (χ1n) is 7.12. The Hall–Kier alpha value is -3.13. The second-order valence-electron chi connectivity index (χ2n) is 4.99. The summed E-state index contributed by atoms with van der Waals surface area (Å²) < 4.78 is 0. The zero-order chi connectivity index (χ0) is 18.4. The van der Waals surface area contributed by atoms with Crippen LogP contribution in [-0.2, 0) is 11.3 Å². The first-order chi connectivity index (χ1) is 11.9. The molecule has 0 bridgehead atoms. The molecule has 8 nitrogen and oxygen atoms in total. The van der Waals surface area contributed by atoms with Crippen LogP contribution in [0.3, 0.4) is 0 Å². The molecule has 0 saturated heterocycles. The Kier molecular flexibility index (Phi) is 5.91. The van der Waals surface area contributed by atoms with Crippen molar-refractivity contribution in [1.82, 2.24) is 10.6 Å². The second kappa shape index (κ2) is 8.11. The zero-order valence-corrected chi connectivity index (χ0v) is 13.6. The van der Waals surface area contributed by atoms with Crippen LogP contribution in [0, 0.1) is 10.1 Å². The molecule has 0 radical (unpaired) electrons. The number of nitrogens with one attached hydrogen (secondary N) is 2. The van der Waals surface area contributed by atoms with Crippen LogP contribution in [0.1, 0.15) is 15.9 Å². The largest absolute Gasteiger partial charge is 0.872 e. The standard InChI is InChI=1S/C16H14ClN3O5/c17-13-4-2-1-3-12(13)16(23)19-9-15(22)18-8-10-7-11(20(24)25)5-6-14(10)21/h1-7,21H,8-9H2,(H,18,22)(H,19,23)/p-1. The molecule has 0 spiro atoms. The molecular weight excluding hydrogens is 350 g/mol. The van der Waals surface area contributed by atoms with Crippen LogP contribution in [0.4, 0.5) is 5.69 Å². The van der Waals surface area contributed by atoms with Gasteiger partial charge in [-0.25, -0.2) is 0 Å². The predicted octanol–water partition coefficient (Wildman–Crippen LogP) is 1.37. The van der Waals surface area contributed by atoms with Gasteiger partial charge in [-0.15, -0.1) is 5.75 Å². The van der Waals surface area contributed by atoms with Gasteiger partial charge in [0.15, 0.2) is 0 Å². The van der Waals surface area contributed by atoms with Gasteiger partial charge >= 0.3 is 0 Å². The van der Waals surface area contributed by atoms with Gasteiger partial charge in [-0.2, -0.15) is 0 Å². The lowest BCUT2D eigenvalue weighted by atomic mass is 10.1. The summed E-state index contributed by atoms with van der Waals surface area (Å²) in [7, 11) is 0. The number of hydrogen-bond acceptors (Lipinski definition) is 5. The normalized spacial score (nSPS) is 10.1. The number of carbonyl (C=O) groups excluding carboxylic acids is 2. The van der Waals surface area contributed by atoms with Crippen molar-refractivity contribution in [3.05, 3.63) is 68.7 Å². The van der Waals surface area contributed by atoms with Crippen molar-refractivity contribution in [1.29, 1.82) is 0 Å². The monoisotopic (exact) mass is 362 g/mol. The number of carbonyl (C=O) groups is 2. The van der Waals surface area contributed by atoms with Crippen LogP contribution in [0.15, 0.2) is 42.5 Å². The Balaban J connectivity index is 1.89. The van der Waals surface area contributed by atoms with Gasteiger partial charge in [0.05, 0.1) is 22.1 Å². The van der Waals surface area contributed by atoms with Crippen LogP contribution < -0.4 is 15.7 Å². The van der Waals surface area contributed by atoms with Crippen molar-refractivity contribution in [2.75, 3.05) is 6.54 Å². The Morgan fingerprint density at radius 3 is 2.52 bits per heavy atom. The summed E-state index contributed by atoms with van der Waals surface area (Å²) >= 11 is 5.88. The molecule has 2 amide bonds. The number of hydrogen-bond donors (Lipinski definition) is 2. The highest BCUT2D eigenvalue weighted by Crippen LogP contribution is 2.20. The number of nitro groups is 1. The van der Waals surface area contributed by atoms with Crippen LogP contribution in [0.2, 0.25) is 5.02 Å². The van der Waals surface area contributed by atoms with E-state index in [4.69, 9.17) is 11.6 Å². The van der Waals surface area contributed by atoms with Gasteiger partial charge in [0.1, 0.15) is 0 Å². The maximum absolute atomic E-state index is 11.9. The van der Waals surface area contributed by atoms with Crippen LogP contribution >= 0.6 is 11.6 Å². The number of nitro benzene ring substituents is 1. The van der Waals surface area contributed by atoms with Crippen LogP contribution in [-0.4, -0.2) is 23.3 Å². The van der Waals surface area contributed by atoms with Crippen molar-refractivity contribution in [2.24, 2.45) is 0 Å². The molecule has 130 valence electrons. The van der Waals surface area contributed by atoms with Gasteiger partial charge in [0.2, 0.25) is 5.91 Å². The van der Waals surface area contributed by atoms with Crippen LogP contribution in [0.25, 0.3) is 0 Å². The summed E-state index contributed by atoms with van der Waals surface area (Å²) in [5.41, 5.74) is 0.0772. The number of amides is 2. The highest BCUT2D eigenvalue weighted by molar-refractivity contribution is 6.33. The van der Waals surface area contributed by atoms with Crippen molar-refractivity contribution in [3.8, 4) is 5.75 Å². The van der Waals surface area contributed by atoms with E-state index in [0.29, 0.717) is 0 Å². The Morgan fingerprint density at radius 2 is 1.84 bits per heavy atom. The number of non-ortho nitro benzene ring substituents is 1. The molecule has 0 aromatic heterocycles. The molecule has 0 aliphatic rings. The highest BCUT2D eigenvalue weighted by Gasteiger charge is 2.12. The summed E-state index contributed by atoms with van der Waals surface area (Å²) in [5, 5.41) is 27.4. The van der Waals surface area contributed by atoms with E-state index in [-0.39, 0.29) is 34.9 Å². The fourth-order valence-corrected chi connectivity index (χ4v) is 2.20. The minimum atomic E-state index is -0.630. The molecule has 0 aliphatic carbocycles.